The van der Waals surface area contributed by atoms with E-state index in [1.165, 1.54) is 0 Å². The number of fused-ring (bicyclic) bond motifs is 1. The largest absolute Gasteiger partial charge is 0.493 e. The number of anilines is 1. The monoisotopic (exact) mass is 449 g/mol. The van der Waals surface area contributed by atoms with Gasteiger partial charge in [0.25, 0.3) is 0 Å². The summed E-state index contributed by atoms with van der Waals surface area (Å²) in [6.45, 7) is 1.34. The molecule has 4 rings (SSSR count). The fraction of sp³-hybridized carbons (Fsp3) is 0.200. The summed E-state index contributed by atoms with van der Waals surface area (Å²) in [5.41, 5.74) is 2.77. The van der Waals surface area contributed by atoms with E-state index in [1.807, 2.05) is 54.7 Å². The minimum atomic E-state index is -0.849. The Bertz CT molecular complexity index is 1180. The Labute approximate surface area is 191 Å². The molecule has 1 unspecified atom stereocenters. The van der Waals surface area contributed by atoms with E-state index in [0.717, 1.165) is 46.6 Å². The fourth-order valence-corrected chi connectivity index (χ4v) is 3.85. The lowest BCUT2D eigenvalue weighted by atomic mass is 9.88. The molecule has 0 saturated heterocycles. The summed E-state index contributed by atoms with van der Waals surface area (Å²) in [6.07, 6.45) is 4.47. The summed E-state index contributed by atoms with van der Waals surface area (Å²) in [4.78, 5) is 19.0. The van der Waals surface area contributed by atoms with Gasteiger partial charge in [-0.05, 0) is 53.9 Å². The lowest BCUT2D eigenvalue weighted by Gasteiger charge is -2.15. The molecular formula is C25H24ClN3O3. The summed E-state index contributed by atoms with van der Waals surface area (Å²) in [7, 11) is 0. The zero-order valence-electron chi connectivity index (χ0n) is 17.4. The summed E-state index contributed by atoms with van der Waals surface area (Å²) in [6, 6.07) is 18.9. The molecule has 6 nitrogen and oxygen atoms in total. The smallest absolute Gasteiger partial charge is 0.304 e. The van der Waals surface area contributed by atoms with E-state index in [9.17, 15) is 9.90 Å². The van der Waals surface area contributed by atoms with E-state index in [0.29, 0.717) is 11.6 Å². The number of aromatic amines is 1. The number of rotatable bonds is 10. The molecule has 0 saturated carbocycles. The van der Waals surface area contributed by atoms with Crippen LogP contribution in [-0.2, 0) is 4.79 Å². The van der Waals surface area contributed by atoms with Crippen molar-refractivity contribution in [2.45, 2.75) is 18.8 Å². The summed E-state index contributed by atoms with van der Waals surface area (Å²) < 4.78 is 5.89. The van der Waals surface area contributed by atoms with Crippen molar-refractivity contribution in [2.24, 2.45) is 0 Å². The molecule has 0 aliphatic carbocycles. The van der Waals surface area contributed by atoms with E-state index in [2.05, 4.69) is 15.3 Å². The molecule has 0 aliphatic heterocycles. The lowest BCUT2D eigenvalue weighted by molar-refractivity contribution is -0.137. The van der Waals surface area contributed by atoms with Crippen LogP contribution in [0.4, 0.5) is 5.82 Å². The molecule has 0 amide bonds. The third-order valence-electron chi connectivity index (χ3n) is 5.27. The molecule has 0 bridgehead atoms. The van der Waals surface area contributed by atoms with Gasteiger partial charge in [-0.15, -0.1) is 0 Å². The quantitative estimate of drug-likeness (QED) is 0.270. The first-order valence-electron chi connectivity index (χ1n) is 10.5. The predicted molar refractivity (Wildman–Crippen MR) is 127 cm³/mol. The van der Waals surface area contributed by atoms with Crippen molar-refractivity contribution >= 4 is 34.3 Å². The number of carboxylic acids is 1. The van der Waals surface area contributed by atoms with Gasteiger partial charge in [0.15, 0.2) is 0 Å². The van der Waals surface area contributed by atoms with Gasteiger partial charge < -0.3 is 20.1 Å². The number of carbonyl (C=O) groups is 1. The zero-order valence-corrected chi connectivity index (χ0v) is 18.2. The van der Waals surface area contributed by atoms with Crippen molar-refractivity contribution in [1.82, 2.24) is 9.97 Å². The minimum absolute atomic E-state index is 0.00386. The van der Waals surface area contributed by atoms with Gasteiger partial charge in [-0.25, -0.2) is 4.98 Å². The number of carboxylic acid groups (broad SMARTS) is 1. The molecule has 2 aromatic heterocycles. The minimum Gasteiger partial charge on any atom is -0.493 e. The van der Waals surface area contributed by atoms with Gasteiger partial charge in [0.1, 0.15) is 11.6 Å². The molecule has 1 atom stereocenters. The average Bonchev–Trinajstić information content (AvgIpc) is 3.21. The summed E-state index contributed by atoms with van der Waals surface area (Å²) >= 11 is 6.01. The lowest BCUT2D eigenvalue weighted by Crippen LogP contribution is -2.08. The number of aromatic nitrogens is 2. The Morgan fingerprint density at radius 3 is 2.75 bits per heavy atom. The number of halogens is 1. The second kappa shape index (κ2) is 10.2. The van der Waals surface area contributed by atoms with Crippen LogP contribution in [0.1, 0.15) is 29.9 Å². The maximum absolute atomic E-state index is 11.5. The van der Waals surface area contributed by atoms with E-state index in [4.69, 9.17) is 16.3 Å². The first-order valence-corrected chi connectivity index (χ1v) is 10.8. The Morgan fingerprint density at radius 2 is 2.00 bits per heavy atom. The number of aliphatic carboxylic acids is 1. The molecule has 4 aromatic rings. The van der Waals surface area contributed by atoms with Gasteiger partial charge in [0, 0.05) is 46.8 Å². The Hall–Kier alpha value is -3.51. The van der Waals surface area contributed by atoms with Crippen LogP contribution in [0, 0.1) is 0 Å². The molecular weight excluding hydrogens is 426 g/mol. The first-order chi connectivity index (χ1) is 15.6. The number of nitrogens with zero attached hydrogens (tertiary/aromatic N) is 1. The number of benzene rings is 2. The standard InChI is InChI=1S/C25H24ClN3O3/c26-18-7-5-17(6-8-18)21(15-25(30)31)22-16-29-23-14-19(9-10-20(22)23)32-13-3-12-28-24-4-1-2-11-27-24/h1-2,4-11,14,16,21,29H,3,12-13,15H2,(H,27,28)(H,30,31). The Kier molecular flexibility index (Phi) is 6.92. The third-order valence-corrected chi connectivity index (χ3v) is 5.52. The molecule has 3 N–H and O–H groups in total. The van der Waals surface area contributed by atoms with Gasteiger partial charge in [-0.2, -0.15) is 0 Å². The predicted octanol–water partition coefficient (Wildman–Crippen LogP) is 5.70. The molecule has 32 heavy (non-hydrogen) atoms. The number of ether oxygens (including phenoxy) is 1. The van der Waals surface area contributed by atoms with Crippen molar-refractivity contribution in [3.63, 3.8) is 0 Å². The first kappa shape index (κ1) is 21.7. The second-order valence-electron chi connectivity index (χ2n) is 7.50. The molecule has 164 valence electrons. The third kappa shape index (κ3) is 5.39. The second-order valence-corrected chi connectivity index (χ2v) is 7.93. The van der Waals surface area contributed by atoms with Crippen LogP contribution in [0.2, 0.25) is 5.02 Å². The SMILES string of the molecule is O=C(O)CC(c1ccc(Cl)cc1)c1c[nH]c2cc(OCCCNc3ccccn3)ccc12. The fourth-order valence-electron chi connectivity index (χ4n) is 3.73. The normalized spacial score (nSPS) is 11.9. The van der Waals surface area contributed by atoms with Gasteiger partial charge in [0.05, 0.1) is 13.0 Å². The van der Waals surface area contributed by atoms with Crippen LogP contribution in [0.3, 0.4) is 0 Å². The van der Waals surface area contributed by atoms with Gasteiger partial charge in [0.2, 0.25) is 0 Å². The van der Waals surface area contributed by atoms with E-state index in [-0.39, 0.29) is 12.3 Å². The molecule has 0 aliphatic rings. The molecule has 7 heteroatoms. The van der Waals surface area contributed by atoms with E-state index < -0.39 is 5.97 Å². The summed E-state index contributed by atoms with van der Waals surface area (Å²) in [5.74, 6) is 0.496. The van der Waals surface area contributed by atoms with Crippen LogP contribution >= 0.6 is 11.6 Å². The maximum atomic E-state index is 11.5. The highest BCUT2D eigenvalue weighted by Gasteiger charge is 2.21. The van der Waals surface area contributed by atoms with Crippen LogP contribution in [0.25, 0.3) is 10.9 Å². The molecule has 0 spiro atoms. The highest BCUT2D eigenvalue weighted by Crippen LogP contribution is 2.35. The van der Waals surface area contributed by atoms with Crippen LogP contribution in [0.15, 0.2) is 73.1 Å². The van der Waals surface area contributed by atoms with Gasteiger partial charge >= 0.3 is 5.97 Å². The maximum Gasteiger partial charge on any atom is 0.304 e. The molecule has 0 radical (unpaired) electrons. The van der Waals surface area contributed by atoms with E-state index in [1.54, 1.807) is 18.3 Å². The Balaban J connectivity index is 1.43. The Morgan fingerprint density at radius 1 is 1.16 bits per heavy atom. The average molecular weight is 450 g/mol. The molecule has 2 heterocycles. The van der Waals surface area contributed by atoms with E-state index >= 15 is 0 Å². The van der Waals surface area contributed by atoms with Gasteiger partial charge in [-0.1, -0.05) is 29.8 Å². The van der Waals surface area contributed by atoms with Crippen molar-refractivity contribution in [2.75, 3.05) is 18.5 Å². The zero-order chi connectivity index (χ0) is 22.3. The van der Waals surface area contributed by atoms with Crippen molar-refractivity contribution < 1.29 is 14.6 Å². The number of hydrogen-bond acceptors (Lipinski definition) is 4. The van der Waals surface area contributed by atoms with Crippen LogP contribution in [-0.4, -0.2) is 34.2 Å². The number of H-pyrrole nitrogens is 1. The van der Waals surface area contributed by atoms with Crippen LogP contribution < -0.4 is 10.1 Å². The van der Waals surface area contributed by atoms with Crippen LogP contribution in [0.5, 0.6) is 5.75 Å². The molecule has 2 aromatic carbocycles. The topological polar surface area (TPSA) is 87.2 Å². The molecule has 0 fully saturated rings. The van der Waals surface area contributed by atoms with Crippen molar-refractivity contribution in [3.8, 4) is 5.75 Å². The number of hydrogen-bond donors (Lipinski definition) is 3. The number of nitrogens with one attached hydrogen (secondary N) is 2. The van der Waals surface area contributed by atoms with Gasteiger partial charge in [-0.3, -0.25) is 4.79 Å². The van der Waals surface area contributed by atoms with Crippen molar-refractivity contribution in [1.29, 1.82) is 0 Å². The highest BCUT2D eigenvalue weighted by molar-refractivity contribution is 6.30. The van der Waals surface area contributed by atoms with Crippen molar-refractivity contribution in [3.05, 3.63) is 89.2 Å². The summed E-state index contributed by atoms with van der Waals surface area (Å²) in [5, 5.41) is 14.3. The number of pyridine rings is 1. The highest BCUT2D eigenvalue weighted by atomic mass is 35.5.